The molecule has 0 amide bonds. The summed E-state index contributed by atoms with van der Waals surface area (Å²) < 4.78 is 4.98. The van der Waals surface area contributed by atoms with Crippen molar-refractivity contribution in [2.75, 3.05) is 13.1 Å². The summed E-state index contributed by atoms with van der Waals surface area (Å²) in [7, 11) is 0. The third kappa shape index (κ3) is 2.14. The number of aliphatic carboxylic acids is 1. The fourth-order valence-corrected chi connectivity index (χ4v) is 1.99. The van der Waals surface area contributed by atoms with E-state index >= 15 is 0 Å². The second kappa shape index (κ2) is 4.49. The Kier molecular flexibility index (Phi) is 3.05. The first-order valence-corrected chi connectivity index (χ1v) is 5.22. The maximum atomic E-state index is 11.7. The lowest BCUT2D eigenvalue weighted by Gasteiger charge is -2.19. The highest BCUT2D eigenvalue weighted by Crippen LogP contribution is 2.17. The molecule has 2 rings (SSSR count). The van der Waals surface area contributed by atoms with Gasteiger partial charge in [0, 0.05) is 0 Å². The van der Waals surface area contributed by atoms with Crippen LogP contribution in [0.5, 0.6) is 0 Å². The third-order valence-corrected chi connectivity index (χ3v) is 2.79. The normalized spacial score (nSPS) is 21.1. The summed E-state index contributed by atoms with van der Waals surface area (Å²) in [4.78, 5) is 24.3. The molecule has 1 saturated heterocycles. The Morgan fingerprint density at radius 2 is 2.38 bits per heavy atom. The van der Waals surface area contributed by atoms with Gasteiger partial charge in [-0.05, 0) is 31.5 Å². The van der Waals surface area contributed by atoms with Crippen LogP contribution in [0.25, 0.3) is 0 Å². The molecule has 0 aliphatic carbocycles. The first-order chi connectivity index (χ1) is 7.68. The topological polar surface area (TPSA) is 70.8 Å². The van der Waals surface area contributed by atoms with Gasteiger partial charge in [-0.15, -0.1) is 0 Å². The standard InChI is InChI=1S/C11H13NO4/c13-9(10-4-2-6-16-10)7-12-5-1-3-8(12)11(14)15/h2,4,6,8H,1,3,5,7H2,(H,14,15)/t8-/m0/s1. The summed E-state index contributed by atoms with van der Waals surface area (Å²) in [6.45, 7) is 0.772. The Bertz CT molecular complexity index is 385. The molecule has 5 nitrogen and oxygen atoms in total. The van der Waals surface area contributed by atoms with E-state index in [0.717, 1.165) is 6.42 Å². The van der Waals surface area contributed by atoms with Gasteiger partial charge in [-0.3, -0.25) is 14.5 Å². The van der Waals surface area contributed by atoms with Gasteiger partial charge in [0.15, 0.2) is 5.76 Å². The van der Waals surface area contributed by atoms with Crippen molar-refractivity contribution in [1.29, 1.82) is 0 Å². The van der Waals surface area contributed by atoms with Crippen molar-refractivity contribution >= 4 is 11.8 Å². The van der Waals surface area contributed by atoms with E-state index in [-0.39, 0.29) is 18.1 Å². The van der Waals surface area contributed by atoms with Gasteiger partial charge in [-0.25, -0.2) is 0 Å². The van der Waals surface area contributed by atoms with Crippen molar-refractivity contribution in [2.24, 2.45) is 0 Å². The fraction of sp³-hybridized carbons (Fsp3) is 0.455. The van der Waals surface area contributed by atoms with Crippen LogP contribution in [-0.2, 0) is 4.79 Å². The first kappa shape index (κ1) is 10.9. The number of ketones is 1. The van der Waals surface area contributed by atoms with Crippen LogP contribution < -0.4 is 0 Å². The van der Waals surface area contributed by atoms with E-state index in [9.17, 15) is 9.59 Å². The Labute approximate surface area is 92.7 Å². The zero-order chi connectivity index (χ0) is 11.5. The maximum Gasteiger partial charge on any atom is 0.320 e. The largest absolute Gasteiger partial charge is 0.480 e. The highest BCUT2D eigenvalue weighted by Gasteiger charge is 2.32. The van der Waals surface area contributed by atoms with E-state index in [2.05, 4.69) is 0 Å². The number of likely N-dealkylation sites (tertiary alicyclic amines) is 1. The van der Waals surface area contributed by atoms with E-state index in [1.165, 1.54) is 6.26 Å². The quantitative estimate of drug-likeness (QED) is 0.771. The van der Waals surface area contributed by atoms with E-state index < -0.39 is 12.0 Å². The van der Waals surface area contributed by atoms with Crippen molar-refractivity contribution in [1.82, 2.24) is 4.90 Å². The van der Waals surface area contributed by atoms with Crippen molar-refractivity contribution in [3.63, 3.8) is 0 Å². The van der Waals surface area contributed by atoms with E-state index in [4.69, 9.17) is 9.52 Å². The van der Waals surface area contributed by atoms with Gasteiger partial charge < -0.3 is 9.52 Å². The molecule has 1 aliphatic heterocycles. The van der Waals surface area contributed by atoms with Crippen LogP contribution in [0.15, 0.2) is 22.8 Å². The van der Waals surface area contributed by atoms with Gasteiger partial charge in [0.1, 0.15) is 6.04 Å². The van der Waals surface area contributed by atoms with Crippen LogP contribution in [0.1, 0.15) is 23.4 Å². The Morgan fingerprint density at radius 3 is 3.00 bits per heavy atom. The Morgan fingerprint density at radius 1 is 1.56 bits per heavy atom. The van der Waals surface area contributed by atoms with Gasteiger partial charge in [-0.2, -0.15) is 0 Å². The lowest BCUT2D eigenvalue weighted by atomic mass is 10.2. The Balaban J connectivity index is 1.99. The molecule has 1 N–H and O–H groups in total. The third-order valence-electron chi connectivity index (χ3n) is 2.79. The van der Waals surface area contributed by atoms with Gasteiger partial charge in [0.2, 0.25) is 5.78 Å². The maximum absolute atomic E-state index is 11.7. The summed E-state index contributed by atoms with van der Waals surface area (Å²) >= 11 is 0. The molecule has 5 heteroatoms. The summed E-state index contributed by atoms with van der Waals surface area (Å²) in [6.07, 6.45) is 2.87. The fourth-order valence-electron chi connectivity index (χ4n) is 1.99. The van der Waals surface area contributed by atoms with Gasteiger partial charge in [0.25, 0.3) is 0 Å². The molecule has 16 heavy (non-hydrogen) atoms. The monoisotopic (exact) mass is 223 g/mol. The molecule has 1 atom stereocenters. The number of carboxylic acid groups (broad SMARTS) is 1. The smallest absolute Gasteiger partial charge is 0.320 e. The van der Waals surface area contributed by atoms with E-state index in [0.29, 0.717) is 13.0 Å². The highest BCUT2D eigenvalue weighted by molar-refractivity contribution is 5.95. The average molecular weight is 223 g/mol. The first-order valence-electron chi connectivity index (χ1n) is 5.22. The minimum Gasteiger partial charge on any atom is -0.480 e. The molecule has 1 fully saturated rings. The molecule has 0 unspecified atom stereocenters. The minimum atomic E-state index is -0.857. The molecule has 0 radical (unpaired) electrons. The van der Waals surface area contributed by atoms with Crippen LogP contribution in [-0.4, -0.2) is 40.9 Å². The molecular weight excluding hydrogens is 210 g/mol. The van der Waals surface area contributed by atoms with Crippen LogP contribution in [0, 0.1) is 0 Å². The molecule has 1 aromatic heterocycles. The lowest BCUT2D eigenvalue weighted by Crippen LogP contribution is -2.39. The van der Waals surface area contributed by atoms with Crippen LogP contribution >= 0.6 is 0 Å². The van der Waals surface area contributed by atoms with Gasteiger partial charge >= 0.3 is 5.97 Å². The Hall–Kier alpha value is -1.62. The summed E-state index contributed by atoms with van der Waals surface area (Å²) in [5, 5.41) is 8.95. The molecule has 86 valence electrons. The number of carbonyl (C=O) groups is 2. The van der Waals surface area contributed by atoms with Gasteiger partial charge in [-0.1, -0.05) is 0 Å². The second-order valence-electron chi connectivity index (χ2n) is 3.87. The SMILES string of the molecule is O=C(CN1CCC[C@H]1C(=O)O)c1ccco1. The predicted octanol–water partition coefficient (Wildman–Crippen LogP) is 1.01. The highest BCUT2D eigenvalue weighted by atomic mass is 16.4. The number of hydrogen-bond donors (Lipinski definition) is 1. The number of hydrogen-bond acceptors (Lipinski definition) is 4. The molecule has 1 aromatic rings. The molecule has 0 spiro atoms. The van der Waals surface area contributed by atoms with Gasteiger partial charge in [0.05, 0.1) is 12.8 Å². The second-order valence-corrected chi connectivity index (χ2v) is 3.87. The zero-order valence-corrected chi connectivity index (χ0v) is 8.76. The molecule has 0 bridgehead atoms. The number of carboxylic acids is 1. The number of carbonyl (C=O) groups excluding carboxylic acids is 1. The summed E-state index contributed by atoms with van der Waals surface area (Å²) in [6, 6.07) is 2.71. The predicted molar refractivity (Wildman–Crippen MR) is 55.3 cm³/mol. The summed E-state index contributed by atoms with van der Waals surface area (Å²) in [5.41, 5.74) is 0. The molecule has 0 saturated carbocycles. The number of rotatable bonds is 4. The molecular formula is C11H13NO4. The van der Waals surface area contributed by atoms with Crippen molar-refractivity contribution in [2.45, 2.75) is 18.9 Å². The van der Waals surface area contributed by atoms with Crippen LogP contribution in [0.3, 0.4) is 0 Å². The molecule has 1 aliphatic rings. The lowest BCUT2D eigenvalue weighted by molar-refractivity contribution is -0.141. The van der Waals surface area contributed by atoms with Crippen molar-refractivity contribution in [3.8, 4) is 0 Å². The summed E-state index contributed by atoms with van der Waals surface area (Å²) in [5.74, 6) is -0.737. The van der Waals surface area contributed by atoms with Crippen molar-refractivity contribution in [3.05, 3.63) is 24.2 Å². The van der Waals surface area contributed by atoms with Crippen LogP contribution in [0.4, 0.5) is 0 Å². The van der Waals surface area contributed by atoms with Crippen LogP contribution in [0.2, 0.25) is 0 Å². The van der Waals surface area contributed by atoms with Crippen molar-refractivity contribution < 1.29 is 19.1 Å². The van der Waals surface area contributed by atoms with E-state index in [1.807, 2.05) is 0 Å². The molecule has 2 heterocycles. The number of furan rings is 1. The number of nitrogens with zero attached hydrogens (tertiary/aromatic N) is 1. The average Bonchev–Trinajstić information content (AvgIpc) is 2.86. The zero-order valence-electron chi connectivity index (χ0n) is 8.76. The minimum absolute atomic E-state index is 0.116. The van der Waals surface area contributed by atoms with E-state index in [1.54, 1.807) is 17.0 Å². The molecule has 0 aromatic carbocycles. The number of Topliss-reactive ketones (excluding diaryl/α,β-unsaturated/α-hetero) is 1.